The van der Waals surface area contributed by atoms with Gasteiger partial charge in [-0.2, -0.15) is 5.10 Å². The molecule has 0 aliphatic rings. The van der Waals surface area contributed by atoms with Gasteiger partial charge in [-0.05, 0) is 24.8 Å². The van der Waals surface area contributed by atoms with Gasteiger partial charge >= 0.3 is 0 Å². The van der Waals surface area contributed by atoms with Crippen molar-refractivity contribution >= 4 is 22.9 Å². The molecule has 2 rings (SSSR count). The van der Waals surface area contributed by atoms with E-state index in [1.165, 1.54) is 0 Å². The highest BCUT2D eigenvalue weighted by atomic mass is 35.5. The number of halogens is 1. The molecule has 0 saturated carbocycles. The van der Waals surface area contributed by atoms with Crippen LogP contribution in [0.3, 0.4) is 0 Å². The summed E-state index contributed by atoms with van der Waals surface area (Å²) in [7, 11) is 0. The van der Waals surface area contributed by atoms with Crippen molar-refractivity contribution in [1.29, 1.82) is 0 Å². The quantitative estimate of drug-likeness (QED) is 0.872. The highest BCUT2D eigenvalue weighted by Gasteiger charge is 2.25. The fraction of sp³-hybridized carbons (Fsp3) is 0.571. The maximum atomic E-state index is 5.91. The first kappa shape index (κ1) is 14.1. The first-order valence-electron chi connectivity index (χ1n) is 6.55. The second kappa shape index (κ2) is 5.37. The van der Waals surface area contributed by atoms with Crippen molar-refractivity contribution in [1.82, 2.24) is 14.6 Å². The van der Waals surface area contributed by atoms with Crippen LogP contribution >= 0.6 is 11.6 Å². The number of nitrogens with zero attached hydrogens (tertiary/aromatic N) is 3. The van der Waals surface area contributed by atoms with Crippen molar-refractivity contribution in [2.45, 2.75) is 40.2 Å². The van der Waals surface area contributed by atoms with E-state index in [4.69, 9.17) is 11.6 Å². The fourth-order valence-electron chi connectivity index (χ4n) is 2.15. The molecule has 19 heavy (non-hydrogen) atoms. The van der Waals surface area contributed by atoms with E-state index < -0.39 is 0 Å². The van der Waals surface area contributed by atoms with Gasteiger partial charge < -0.3 is 5.32 Å². The highest BCUT2D eigenvalue weighted by Crippen LogP contribution is 2.27. The average Bonchev–Trinajstić information content (AvgIpc) is 2.68. The number of anilines is 1. The molecule has 1 N–H and O–H groups in total. The van der Waals surface area contributed by atoms with Crippen LogP contribution in [0, 0.1) is 12.3 Å². The predicted molar refractivity (Wildman–Crippen MR) is 79.9 cm³/mol. The summed E-state index contributed by atoms with van der Waals surface area (Å²) in [5.74, 6) is 1.50. The smallest absolute Gasteiger partial charge is 0.152 e. The summed E-state index contributed by atoms with van der Waals surface area (Å²) in [5.41, 5.74) is 2.11. The van der Waals surface area contributed by atoms with Gasteiger partial charge in [0.2, 0.25) is 0 Å². The van der Waals surface area contributed by atoms with Crippen molar-refractivity contribution in [3.8, 4) is 0 Å². The van der Waals surface area contributed by atoms with E-state index in [1.807, 2.05) is 23.7 Å². The van der Waals surface area contributed by atoms with Gasteiger partial charge in [-0.15, -0.1) is 11.6 Å². The average molecular weight is 281 g/mol. The molecule has 2 heterocycles. The molecule has 0 saturated heterocycles. The lowest BCUT2D eigenvalue weighted by Gasteiger charge is -2.31. The molecule has 0 fully saturated rings. The molecule has 2 aromatic rings. The molecule has 0 spiro atoms. The molecule has 0 bridgehead atoms. The normalized spacial score (nSPS) is 13.7. The minimum absolute atomic E-state index is 0.123. The first-order valence-corrected chi connectivity index (χ1v) is 7.09. The molecule has 1 atom stereocenters. The molecule has 5 heteroatoms. The molecule has 1 unspecified atom stereocenters. The van der Waals surface area contributed by atoms with Gasteiger partial charge in [0.25, 0.3) is 0 Å². The zero-order chi connectivity index (χ0) is 14.0. The van der Waals surface area contributed by atoms with E-state index in [-0.39, 0.29) is 11.5 Å². The zero-order valence-corrected chi connectivity index (χ0v) is 12.7. The van der Waals surface area contributed by atoms with Gasteiger partial charge in [-0.1, -0.05) is 20.8 Å². The molecule has 104 valence electrons. The molecule has 0 aromatic carbocycles. The largest absolute Gasteiger partial charge is 0.365 e. The van der Waals surface area contributed by atoms with E-state index in [0.717, 1.165) is 23.4 Å². The Morgan fingerprint density at radius 2 is 2.16 bits per heavy atom. The number of aryl methyl sites for hydroxylation is 1. The Hall–Kier alpha value is -1.29. The van der Waals surface area contributed by atoms with Crippen LogP contribution in [-0.2, 0) is 0 Å². The summed E-state index contributed by atoms with van der Waals surface area (Å²) < 4.78 is 1.85. The summed E-state index contributed by atoms with van der Waals surface area (Å²) in [4.78, 5) is 4.44. The number of aromatic nitrogens is 3. The van der Waals surface area contributed by atoms with E-state index in [9.17, 15) is 0 Å². The van der Waals surface area contributed by atoms with Gasteiger partial charge in [-0.25, -0.2) is 9.50 Å². The first-order chi connectivity index (χ1) is 8.91. The number of hydrogen-bond donors (Lipinski definition) is 1. The fourth-order valence-corrected chi connectivity index (χ4v) is 2.37. The van der Waals surface area contributed by atoms with Crippen LogP contribution in [0.15, 0.2) is 18.5 Å². The van der Waals surface area contributed by atoms with Crippen LogP contribution in [-0.4, -0.2) is 26.5 Å². The summed E-state index contributed by atoms with van der Waals surface area (Å²) in [6.07, 6.45) is 4.53. The number of fused-ring (bicyclic) bond motifs is 1. The van der Waals surface area contributed by atoms with Gasteiger partial charge in [0.1, 0.15) is 5.52 Å². The Balaban J connectivity index is 2.33. The van der Waals surface area contributed by atoms with Crippen LogP contribution in [0.2, 0.25) is 0 Å². The number of hydrogen-bond acceptors (Lipinski definition) is 3. The third-order valence-electron chi connectivity index (χ3n) is 3.27. The Bertz CT molecular complexity index is 556. The molecular formula is C14H21ClN4. The molecule has 0 amide bonds. The number of rotatable bonds is 4. The van der Waals surface area contributed by atoms with Crippen molar-refractivity contribution in [3.63, 3.8) is 0 Å². The minimum atomic E-state index is 0.123. The van der Waals surface area contributed by atoms with Gasteiger partial charge in [0.15, 0.2) is 5.82 Å². The van der Waals surface area contributed by atoms with Crippen LogP contribution < -0.4 is 5.32 Å². The second-order valence-corrected chi connectivity index (χ2v) is 6.31. The van der Waals surface area contributed by atoms with Crippen LogP contribution in [0.4, 0.5) is 5.82 Å². The van der Waals surface area contributed by atoms with Gasteiger partial charge in [0, 0.05) is 24.3 Å². The highest BCUT2D eigenvalue weighted by molar-refractivity contribution is 6.17. The molecule has 0 aliphatic heterocycles. The topological polar surface area (TPSA) is 42.2 Å². The standard InChI is InChI=1S/C14H21ClN4/c1-10-9-11-13(16-7-8-19(11)18-10)17-12(5-6-15)14(2,3)4/h7-9,12H,5-6H2,1-4H3,(H,16,17). The van der Waals surface area contributed by atoms with E-state index >= 15 is 0 Å². The Morgan fingerprint density at radius 3 is 2.79 bits per heavy atom. The third-order valence-corrected chi connectivity index (χ3v) is 3.48. The van der Waals surface area contributed by atoms with Crippen molar-refractivity contribution in [3.05, 3.63) is 24.2 Å². The predicted octanol–water partition coefficient (Wildman–Crippen LogP) is 3.49. The SMILES string of the molecule is Cc1cc2c(NC(CCCl)C(C)(C)C)nccn2n1. The molecule has 0 aliphatic carbocycles. The summed E-state index contributed by atoms with van der Waals surface area (Å²) >= 11 is 5.91. The molecule has 0 radical (unpaired) electrons. The van der Waals surface area contributed by atoms with Crippen LogP contribution in [0.5, 0.6) is 0 Å². The summed E-state index contributed by atoms with van der Waals surface area (Å²) in [6, 6.07) is 2.31. The lowest BCUT2D eigenvalue weighted by Crippen LogP contribution is -2.34. The third kappa shape index (κ3) is 3.18. The van der Waals surface area contributed by atoms with Crippen molar-refractivity contribution < 1.29 is 0 Å². The van der Waals surface area contributed by atoms with Crippen molar-refractivity contribution in [2.24, 2.45) is 5.41 Å². The maximum Gasteiger partial charge on any atom is 0.152 e. The number of alkyl halides is 1. The molecule has 4 nitrogen and oxygen atoms in total. The van der Waals surface area contributed by atoms with Crippen LogP contribution in [0.1, 0.15) is 32.9 Å². The second-order valence-electron chi connectivity index (χ2n) is 5.93. The van der Waals surface area contributed by atoms with Crippen molar-refractivity contribution in [2.75, 3.05) is 11.2 Å². The van der Waals surface area contributed by atoms with Gasteiger partial charge in [0.05, 0.1) is 5.69 Å². The Morgan fingerprint density at radius 1 is 1.42 bits per heavy atom. The van der Waals surface area contributed by atoms with E-state index in [1.54, 1.807) is 6.20 Å². The molecular weight excluding hydrogens is 260 g/mol. The summed E-state index contributed by atoms with van der Waals surface area (Å²) in [5, 5.41) is 7.92. The van der Waals surface area contributed by atoms with E-state index in [0.29, 0.717) is 5.88 Å². The summed E-state index contributed by atoms with van der Waals surface area (Å²) in [6.45, 7) is 8.60. The van der Waals surface area contributed by atoms with E-state index in [2.05, 4.69) is 36.2 Å². The Kier molecular flexibility index (Phi) is 3.99. The number of nitrogens with one attached hydrogen (secondary N) is 1. The van der Waals surface area contributed by atoms with Gasteiger partial charge in [-0.3, -0.25) is 0 Å². The lowest BCUT2D eigenvalue weighted by molar-refractivity contribution is 0.334. The molecule has 2 aromatic heterocycles. The van der Waals surface area contributed by atoms with Crippen LogP contribution in [0.25, 0.3) is 5.52 Å². The minimum Gasteiger partial charge on any atom is -0.365 e. The Labute approximate surface area is 119 Å². The monoisotopic (exact) mass is 280 g/mol. The lowest BCUT2D eigenvalue weighted by atomic mass is 9.85. The zero-order valence-electron chi connectivity index (χ0n) is 11.9. The maximum absolute atomic E-state index is 5.91.